The van der Waals surface area contributed by atoms with E-state index in [9.17, 15) is 23.3 Å². The van der Waals surface area contributed by atoms with Crippen LogP contribution in [0.4, 0.5) is 18.9 Å². The molecular formula is C8H3F3N2O2. The molecule has 78 valence electrons. The Morgan fingerprint density at radius 3 is 2.40 bits per heavy atom. The normalized spacial score (nSPS) is 10.8. The molecule has 0 saturated carbocycles. The molecule has 0 aliphatic heterocycles. The van der Waals surface area contributed by atoms with Gasteiger partial charge in [-0.2, -0.15) is 18.4 Å². The summed E-state index contributed by atoms with van der Waals surface area (Å²) in [7, 11) is 0. The number of nitrogens with zero attached hydrogens (tertiary/aromatic N) is 2. The quantitative estimate of drug-likeness (QED) is 0.534. The van der Waals surface area contributed by atoms with Gasteiger partial charge in [-0.1, -0.05) is 0 Å². The average molecular weight is 216 g/mol. The van der Waals surface area contributed by atoms with Crippen molar-refractivity contribution in [2.24, 2.45) is 0 Å². The van der Waals surface area contributed by atoms with Crippen LogP contribution in [0.1, 0.15) is 11.1 Å². The van der Waals surface area contributed by atoms with Crippen molar-refractivity contribution in [2.45, 2.75) is 6.18 Å². The summed E-state index contributed by atoms with van der Waals surface area (Å²) in [5.41, 5.74) is -2.62. The second-order valence-corrected chi connectivity index (χ2v) is 2.60. The third kappa shape index (κ3) is 2.22. The van der Waals surface area contributed by atoms with Gasteiger partial charge >= 0.3 is 6.18 Å². The van der Waals surface area contributed by atoms with E-state index in [4.69, 9.17) is 5.26 Å². The van der Waals surface area contributed by atoms with Crippen LogP contribution in [0.2, 0.25) is 0 Å². The summed E-state index contributed by atoms with van der Waals surface area (Å²) >= 11 is 0. The van der Waals surface area contributed by atoms with Crippen molar-refractivity contribution in [2.75, 3.05) is 0 Å². The third-order valence-electron chi connectivity index (χ3n) is 1.64. The van der Waals surface area contributed by atoms with E-state index in [0.29, 0.717) is 6.07 Å². The highest BCUT2D eigenvalue weighted by Crippen LogP contribution is 2.33. The van der Waals surface area contributed by atoms with E-state index in [1.54, 1.807) is 0 Å². The molecule has 0 fully saturated rings. The molecule has 0 heterocycles. The molecule has 0 N–H and O–H groups in total. The van der Waals surface area contributed by atoms with Crippen molar-refractivity contribution in [3.05, 3.63) is 39.4 Å². The number of hydrogen-bond acceptors (Lipinski definition) is 3. The number of alkyl halides is 3. The molecule has 1 aromatic carbocycles. The Bertz CT molecular complexity index is 448. The number of benzene rings is 1. The van der Waals surface area contributed by atoms with E-state index in [2.05, 4.69) is 0 Å². The SMILES string of the molecule is N#Cc1ccc([N+](=O)[O-])cc1C(F)(F)F. The Hall–Kier alpha value is -2.10. The molecule has 0 aromatic heterocycles. The predicted molar refractivity (Wildman–Crippen MR) is 42.8 cm³/mol. The molecule has 0 atom stereocenters. The molecule has 0 radical (unpaired) electrons. The number of non-ortho nitro benzene ring substituents is 1. The molecule has 1 rings (SSSR count). The van der Waals surface area contributed by atoms with Crippen LogP contribution in [0.5, 0.6) is 0 Å². The minimum Gasteiger partial charge on any atom is -0.258 e. The van der Waals surface area contributed by atoms with Crippen LogP contribution in [0.25, 0.3) is 0 Å². The molecular weight excluding hydrogens is 213 g/mol. The van der Waals surface area contributed by atoms with Crippen LogP contribution in [0.3, 0.4) is 0 Å². The van der Waals surface area contributed by atoms with E-state index in [1.165, 1.54) is 6.07 Å². The second kappa shape index (κ2) is 3.57. The number of nitriles is 1. The maximum Gasteiger partial charge on any atom is 0.417 e. The Balaban J connectivity index is 3.40. The molecule has 0 aliphatic carbocycles. The molecule has 0 bridgehead atoms. The van der Waals surface area contributed by atoms with Gasteiger partial charge in [-0.15, -0.1) is 0 Å². The number of nitro groups is 1. The number of rotatable bonds is 1. The summed E-state index contributed by atoms with van der Waals surface area (Å²) in [5.74, 6) is 0. The van der Waals surface area contributed by atoms with Gasteiger partial charge in [-0.05, 0) is 6.07 Å². The Kier molecular flexibility index (Phi) is 2.61. The van der Waals surface area contributed by atoms with Crippen molar-refractivity contribution < 1.29 is 18.1 Å². The molecule has 7 heteroatoms. The van der Waals surface area contributed by atoms with Gasteiger partial charge in [0.05, 0.1) is 22.1 Å². The van der Waals surface area contributed by atoms with E-state index >= 15 is 0 Å². The topological polar surface area (TPSA) is 66.9 Å². The van der Waals surface area contributed by atoms with E-state index < -0.39 is 27.9 Å². The molecule has 4 nitrogen and oxygen atoms in total. The summed E-state index contributed by atoms with van der Waals surface area (Å²) < 4.78 is 36.9. The third-order valence-corrected chi connectivity index (χ3v) is 1.64. The van der Waals surface area contributed by atoms with Crippen molar-refractivity contribution in [3.63, 3.8) is 0 Å². The zero-order chi connectivity index (χ0) is 11.6. The smallest absolute Gasteiger partial charge is 0.258 e. The van der Waals surface area contributed by atoms with Crippen LogP contribution < -0.4 is 0 Å². The number of nitro benzene ring substituents is 1. The minimum absolute atomic E-state index is 0.346. The van der Waals surface area contributed by atoms with Gasteiger partial charge in [-0.3, -0.25) is 10.1 Å². The highest BCUT2D eigenvalue weighted by molar-refractivity contribution is 5.46. The number of hydrogen-bond donors (Lipinski definition) is 0. The maximum absolute atomic E-state index is 12.3. The fraction of sp³-hybridized carbons (Fsp3) is 0.125. The standard InChI is InChI=1S/C8H3F3N2O2/c9-8(10,11)7-3-6(13(14)15)2-1-5(7)4-12/h1-3H. The summed E-state index contributed by atoms with van der Waals surface area (Å²) in [4.78, 5) is 9.29. The Morgan fingerprint density at radius 2 is 2.00 bits per heavy atom. The van der Waals surface area contributed by atoms with Crippen molar-refractivity contribution in [1.82, 2.24) is 0 Å². The van der Waals surface area contributed by atoms with Crippen molar-refractivity contribution >= 4 is 5.69 Å². The lowest BCUT2D eigenvalue weighted by atomic mass is 10.1. The van der Waals surface area contributed by atoms with Crippen LogP contribution in [-0.2, 0) is 6.18 Å². The maximum atomic E-state index is 12.3. The van der Waals surface area contributed by atoms with Gasteiger partial charge in [0.1, 0.15) is 0 Å². The highest BCUT2D eigenvalue weighted by atomic mass is 19.4. The highest BCUT2D eigenvalue weighted by Gasteiger charge is 2.35. The fourth-order valence-corrected chi connectivity index (χ4v) is 0.978. The van der Waals surface area contributed by atoms with Gasteiger partial charge in [0.2, 0.25) is 0 Å². The molecule has 0 amide bonds. The molecule has 0 saturated heterocycles. The van der Waals surface area contributed by atoms with Crippen LogP contribution in [-0.4, -0.2) is 4.92 Å². The average Bonchev–Trinajstić information content (AvgIpc) is 2.15. The van der Waals surface area contributed by atoms with Crippen LogP contribution in [0, 0.1) is 21.4 Å². The van der Waals surface area contributed by atoms with E-state index in [1.807, 2.05) is 0 Å². The zero-order valence-corrected chi connectivity index (χ0v) is 7.08. The van der Waals surface area contributed by atoms with Crippen molar-refractivity contribution in [3.8, 4) is 6.07 Å². The second-order valence-electron chi connectivity index (χ2n) is 2.60. The summed E-state index contributed by atoms with van der Waals surface area (Å²) in [6.07, 6.45) is -4.77. The summed E-state index contributed by atoms with van der Waals surface area (Å²) in [6.45, 7) is 0. The number of halogens is 3. The molecule has 0 aliphatic rings. The van der Waals surface area contributed by atoms with Gasteiger partial charge in [0, 0.05) is 12.1 Å². The van der Waals surface area contributed by atoms with Crippen molar-refractivity contribution in [1.29, 1.82) is 5.26 Å². The van der Waals surface area contributed by atoms with Gasteiger partial charge < -0.3 is 0 Å². The predicted octanol–water partition coefficient (Wildman–Crippen LogP) is 2.49. The lowest BCUT2D eigenvalue weighted by Crippen LogP contribution is -2.08. The minimum atomic E-state index is -4.77. The molecule has 1 aromatic rings. The van der Waals surface area contributed by atoms with E-state index in [-0.39, 0.29) is 0 Å². The summed E-state index contributed by atoms with van der Waals surface area (Å²) in [5, 5.41) is 18.6. The Labute approximate surface area is 81.7 Å². The van der Waals surface area contributed by atoms with Gasteiger partial charge in [0.15, 0.2) is 0 Å². The largest absolute Gasteiger partial charge is 0.417 e. The van der Waals surface area contributed by atoms with Crippen LogP contribution >= 0.6 is 0 Å². The first kappa shape index (κ1) is 11.0. The molecule has 0 spiro atoms. The zero-order valence-electron chi connectivity index (χ0n) is 7.08. The van der Waals surface area contributed by atoms with E-state index in [0.717, 1.165) is 12.1 Å². The Morgan fingerprint density at radius 1 is 1.40 bits per heavy atom. The van der Waals surface area contributed by atoms with Crippen LogP contribution in [0.15, 0.2) is 18.2 Å². The lowest BCUT2D eigenvalue weighted by molar-refractivity contribution is -0.385. The van der Waals surface area contributed by atoms with Gasteiger partial charge in [-0.25, -0.2) is 0 Å². The monoisotopic (exact) mass is 216 g/mol. The van der Waals surface area contributed by atoms with Gasteiger partial charge in [0.25, 0.3) is 5.69 Å². The first-order chi connectivity index (χ1) is 6.86. The lowest BCUT2D eigenvalue weighted by Gasteiger charge is -2.07. The first-order valence-corrected chi connectivity index (χ1v) is 3.62. The fourth-order valence-electron chi connectivity index (χ4n) is 0.978. The molecule has 0 unspecified atom stereocenters. The molecule has 15 heavy (non-hydrogen) atoms. The first-order valence-electron chi connectivity index (χ1n) is 3.62. The summed E-state index contributed by atoms with van der Waals surface area (Å²) in [6, 6.07) is 3.31.